The third kappa shape index (κ3) is 1.74. The van der Waals surface area contributed by atoms with Crippen molar-refractivity contribution in [2.45, 2.75) is 6.92 Å². The number of hydrogen-bond donors (Lipinski definition) is 1. The topological polar surface area (TPSA) is 20.7 Å². The van der Waals surface area contributed by atoms with Gasteiger partial charge in [-0.1, -0.05) is 17.7 Å². The number of aryl methyl sites for hydroxylation is 1. The second-order valence-corrected chi connectivity index (χ2v) is 3.92. The Morgan fingerprint density at radius 2 is 2.21 bits per heavy atom. The van der Waals surface area contributed by atoms with Crippen LogP contribution in [-0.2, 0) is 0 Å². The van der Waals surface area contributed by atoms with Gasteiger partial charge in [0.05, 0.1) is 0 Å². The summed E-state index contributed by atoms with van der Waals surface area (Å²) < 4.78 is 2.58. The average Bonchev–Trinajstić information content (AvgIpc) is 2.45. The highest BCUT2D eigenvalue weighted by Gasteiger charge is 1.99. The number of halogens is 1. The van der Waals surface area contributed by atoms with Gasteiger partial charge in [-0.2, -0.15) is 0 Å². The Kier molecular flexibility index (Phi) is 2.44. The molecule has 0 aliphatic rings. The van der Waals surface area contributed by atoms with Crippen LogP contribution in [0.4, 0.5) is 0 Å². The first-order chi connectivity index (χ1) is 6.66. The van der Waals surface area contributed by atoms with E-state index in [1.54, 1.807) is 0 Å². The van der Waals surface area contributed by atoms with E-state index < -0.39 is 0 Å². The molecule has 0 bridgehead atoms. The molecule has 2 nitrogen and oxygen atoms in total. The summed E-state index contributed by atoms with van der Waals surface area (Å²) in [6.45, 7) is 1.97. The van der Waals surface area contributed by atoms with Crippen molar-refractivity contribution >= 4 is 23.8 Å². The summed E-state index contributed by atoms with van der Waals surface area (Å²) >= 11 is 11.1. The highest BCUT2D eigenvalue weighted by atomic mass is 35.5. The van der Waals surface area contributed by atoms with E-state index >= 15 is 0 Å². The summed E-state index contributed by atoms with van der Waals surface area (Å²) in [5.74, 6) is 0. The smallest absolute Gasteiger partial charge is 0.181 e. The van der Waals surface area contributed by atoms with Gasteiger partial charge in [-0.3, -0.25) is 4.57 Å². The molecule has 0 aliphatic heterocycles. The fourth-order valence-electron chi connectivity index (χ4n) is 1.33. The van der Waals surface area contributed by atoms with E-state index in [2.05, 4.69) is 4.98 Å². The monoisotopic (exact) mass is 224 g/mol. The van der Waals surface area contributed by atoms with Crippen molar-refractivity contribution in [2.24, 2.45) is 0 Å². The molecule has 0 saturated carbocycles. The van der Waals surface area contributed by atoms with Crippen molar-refractivity contribution < 1.29 is 0 Å². The Morgan fingerprint density at radius 3 is 2.79 bits per heavy atom. The van der Waals surface area contributed by atoms with E-state index in [1.165, 1.54) is 0 Å². The summed E-state index contributed by atoms with van der Waals surface area (Å²) in [7, 11) is 0. The molecule has 72 valence electrons. The third-order valence-electron chi connectivity index (χ3n) is 1.93. The third-order valence-corrected chi connectivity index (χ3v) is 2.47. The van der Waals surface area contributed by atoms with E-state index in [0.717, 1.165) is 11.4 Å². The van der Waals surface area contributed by atoms with Crippen LogP contribution in [0.15, 0.2) is 30.5 Å². The number of imidazole rings is 1. The molecule has 1 aromatic heterocycles. The van der Waals surface area contributed by atoms with Crippen molar-refractivity contribution in [3.8, 4) is 5.69 Å². The fraction of sp³-hybridized carbons (Fsp3) is 0.100. The molecule has 1 aromatic carbocycles. The van der Waals surface area contributed by atoms with Crippen molar-refractivity contribution in [2.75, 3.05) is 0 Å². The van der Waals surface area contributed by atoms with Crippen LogP contribution in [0.3, 0.4) is 0 Å². The fourth-order valence-corrected chi connectivity index (χ4v) is 1.83. The number of H-pyrrole nitrogens is 1. The zero-order chi connectivity index (χ0) is 10.1. The van der Waals surface area contributed by atoms with E-state index in [-0.39, 0.29) is 0 Å². The van der Waals surface area contributed by atoms with Crippen molar-refractivity contribution in [3.63, 3.8) is 0 Å². The van der Waals surface area contributed by atoms with E-state index in [9.17, 15) is 0 Å². The number of nitrogens with zero attached hydrogens (tertiary/aromatic N) is 1. The first-order valence-corrected chi connectivity index (χ1v) is 4.99. The molecule has 1 N–H and O–H groups in total. The predicted molar refractivity (Wildman–Crippen MR) is 60.7 cm³/mol. The lowest BCUT2D eigenvalue weighted by atomic mass is 10.3. The second kappa shape index (κ2) is 3.59. The molecular formula is C10H9ClN2S. The molecule has 1 heterocycles. The van der Waals surface area contributed by atoms with Gasteiger partial charge in [-0.05, 0) is 37.3 Å². The number of hydrogen-bond acceptors (Lipinski definition) is 1. The van der Waals surface area contributed by atoms with Gasteiger partial charge in [-0.25, -0.2) is 0 Å². The van der Waals surface area contributed by atoms with Gasteiger partial charge in [0, 0.05) is 22.6 Å². The lowest BCUT2D eigenvalue weighted by Gasteiger charge is -2.01. The maximum absolute atomic E-state index is 5.90. The Hall–Kier alpha value is -1.06. The zero-order valence-corrected chi connectivity index (χ0v) is 9.19. The minimum atomic E-state index is 0.685. The van der Waals surface area contributed by atoms with Gasteiger partial charge in [0.15, 0.2) is 4.77 Å². The Bertz CT molecular complexity index is 513. The maximum Gasteiger partial charge on any atom is 0.181 e. The number of rotatable bonds is 1. The van der Waals surface area contributed by atoms with Gasteiger partial charge in [0.2, 0.25) is 0 Å². The van der Waals surface area contributed by atoms with Gasteiger partial charge in [0.25, 0.3) is 0 Å². The Balaban J connectivity index is 2.60. The highest BCUT2D eigenvalue weighted by molar-refractivity contribution is 7.71. The van der Waals surface area contributed by atoms with Crippen molar-refractivity contribution in [3.05, 3.63) is 45.9 Å². The molecule has 0 amide bonds. The standard InChI is InChI=1S/C10H9ClN2S/c1-7-6-13(10(14)12-7)9-4-2-3-8(11)5-9/h2-6H,1H3,(H,12,14). The molecule has 0 radical (unpaired) electrons. The first-order valence-electron chi connectivity index (χ1n) is 4.21. The highest BCUT2D eigenvalue weighted by Crippen LogP contribution is 2.15. The van der Waals surface area contributed by atoms with E-state index in [1.807, 2.05) is 42.0 Å². The van der Waals surface area contributed by atoms with Crippen molar-refractivity contribution in [1.29, 1.82) is 0 Å². The molecule has 0 unspecified atom stereocenters. The minimum Gasteiger partial charge on any atom is -0.335 e. The van der Waals surface area contributed by atoms with Crippen LogP contribution >= 0.6 is 23.8 Å². The van der Waals surface area contributed by atoms with Gasteiger partial charge < -0.3 is 4.98 Å². The normalized spacial score (nSPS) is 10.4. The maximum atomic E-state index is 5.90. The van der Waals surface area contributed by atoms with Crippen LogP contribution < -0.4 is 0 Å². The van der Waals surface area contributed by atoms with Crippen LogP contribution in [0, 0.1) is 11.7 Å². The largest absolute Gasteiger partial charge is 0.335 e. The number of benzene rings is 1. The van der Waals surface area contributed by atoms with Crippen LogP contribution in [0.25, 0.3) is 5.69 Å². The number of aromatic nitrogens is 2. The molecule has 14 heavy (non-hydrogen) atoms. The van der Waals surface area contributed by atoms with E-state index in [4.69, 9.17) is 23.8 Å². The summed E-state index contributed by atoms with van der Waals surface area (Å²) in [6.07, 6.45) is 1.95. The zero-order valence-electron chi connectivity index (χ0n) is 7.62. The number of nitrogens with one attached hydrogen (secondary N) is 1. The van der Waals surface area contributed by atoms with Gasteiger partial charge >= 0.3 is 0 Å². The second-order valence-electron chi connectivity index (χ2n) is 3.09. The summed E-state index contributed by atoms with van der Waals surface area (Å²) in [4.78, 5) is 3.06. The molecule has 4 heteroatoms. The first kappa shape index (κ1) is 9.49. The molecule has 0 fully saturated rings. The lowest BCUT2D eigenvalue weighted by molar-refractivity contribution is 1.03. The molecule has 0 aliphatic carbocycles. The molecule has 0 saturated heterocycles. The molecule has 2 rings (SSSR count). The van der Waals surface area contributed by atoms with Crippen LogP contribution in [0.1, 0.15) is 5.69 Å². The average molecular weight is 225 g/mol. The Labute approximate surface area is 92.2 Å². The van der Waals surface area contributed by atoms with Crippen LogP contribution in [0.5, 0.6) is 0 Å². The number of aromatic amines is 1. The SMILES string of the molecule is Cc1cn(-c2cccc(Cl)c2)c(=S)[nH]1. The van der Waals surface area contributed by atoms with Crippen LogP contribution in [-0.4, -0.2) is 9.55 Å². The van der Waals surface area contributed by atoms with Crippen molar-refractivity contribution in [1.82, 2.24) is 9.55 Å². The van der Waals surface area contributed by atoms with Crippen LogP contribution in [0.2, 0.25) is 5.02 Å². The molecule has 2 aromatic rings. The summed E-state index contributed by atoms with van der Waals surface area (Å²) in [5.41, 5.74) is 2.02. The predicted octanol–water partition coefficient (Wildman–Crippen LogP) is 3.50. The molecule has 0 spiro atoms. The van der Waals surface area contributed by atoms with E-state index in [0.29, 0.717) is 9.79 Å². The van der Waals surface area contributed by atoms with Gasteiger partial charge in [0.1, 0.15) is 0 Å². The Morgan fingerprint density at radius 1 is 1.43 bits per heavy atom. The minimum absolute atomic E-state index is 0.685. The quantitative estimate of drug-likeness (QED) is 0.736. The molecule has 0 atom stereocenters. The lowest BCUT2D eigenvalue weighted by Crippen LogP contribution is -1.90. The summed E-state index contributed by atoms with van der Waals surface area (Å²) in [5, 5.41) is 0.711. The molecular weight excluding hydrogens is 216 g/mol. The van der Waals surface area contributed by atoms with Gasteiger partial charge in [-0.15, -0.1) is 0 Å². The summed E-state index contributed by atoms with van der Waals surface area (Å²) in [6, 6.07) is 7.59.